The summed E-state index contributed by atoms with van der Waals surface area (Å²) in [4.78, 5) is 64.1. The highest BCUT2D eigenvalue weighted by Gasteiger charge is 2.70. The van der Waals surface area contributed by atoms with Crippen molar-refractivity contribution in [2.24, 2.45) is 23.7 Å². The number of methoxy groups -OCH3 is 1. The molecule has 55 heavy (non-hydrogen) atoms. The molecule has 10 nitrogen and oxygen atoms in total. The SMILES string of the molecule is COc1cc(C2C3=CCC4C(=O)N(C5CCCCC5)C(=O)C4C3CC3C(=O)N(Nc4ncc(C(F)(F)F)cc4Cl)C(=O)C32c2ccc(Cl)cc2)cc(Cl)c1O. The number of pyridine rings is 1. The van der Waals surface area contributed by atoms with E-state index in [2.05, 4.69) is 10.4 Å². The molecule has 6 unspecified atom stereocenters. The van der Waals surface area contributed by atoms with E-state index >= 15 is 4.79 Å². The van der Waals surface area contributed by atoms with Crippen LogP contribution in [-0.2, 0) is 30.8 Å². The number of likely N-dealkylation sites (tertiary alicyclic amines) is 1. The number of carbonyl (C=O) groups excluding carboxylic acids is 4. The van der Waals surface area contributed by atoms with Crippen LogP contribution in [0.25, 0.3) is 0 Å². The number of fused-ring (bicyclic) bond motifs is 4. The minimum atomic E-state index is -4.75. The van der Waals surface area contributed by atoms with Crippen molar-refractivity contribution in [2.45, 2.75) is 68.5 Å². The summed E-state index contributed by atoms with van der Waals surface area (Å²) in [5.74, 6) is -7.19. The molecule has 1 aromatic heterocycles. The van der Waals surface area contributed by atoms with Crippen LogP contribution in [-0.4, -0.2) is 56.8 Å². The van der Waals surface area contributed by atoms with Crippen LogP contribution in [0.4, 0.5) is 19.0 Å². The lowest BCUT2D eigenvalue weighted by molar-refractivity contribution is -0.144. The van der Waals surface area contributed by atoms with Gasteiger partial charge in [0, 0.05) is 23.2 Å². The molecule has 4 amide bonds. The number of imide groups is 2. The van der Waals surface area contributed by atoms with Gasteiger partial charge in [0.1, 0.15) is 0 Å². The third-order valence-corrected chi connectivity index (χ3v) is 13.0. The zero-order chi connectivity index (χ0) is 39.1. The number of phenols is 1. The van der Waals surface area contributed by atoms with Gasteiger partial charge in [0.15, 0.2) is 17.3 Å². The molecule has 2 saturated carbocycles. The number of anilines is 1. The highest BCUT2D eigenvalue weighted by Crippen LogP contribution is 2.65. The van der Waals surface area contributed by atoms with Gasteiger partial charge in [-0.1, -0.05) is 77.8 Å². The number of nitrogens with zero attached hydrogens (tertiary/aromatic N) is 3. The lowest BCUT2D eigenvalue weighted by atomic mass is 9.49. The smallest absolute Gasteiger partial charge is 0.417 e. The van der Waals surface area contributed by atoms with Crippen molar-refractivity contribution in [2.75, 3.05) is 12.5 Å². The summed E-state index contributed by atoms with van der Waals surface area (Å²) in [6.45, 7) is 0. The number of nitrogens with one attached hydrogen (secondary N) is 1. The molecule has 2 saturated heterocycles. The number of rotatable bonds is 6. The third-order valence-electron chi connectivity index (χ3n) is 12.1. The molecule has 2 N–H and O–H groups in total. The van der Waals surface area contributed by atoms with Gasteiger partial charge < -0.3 is 9.84 Å². The van der Waals surface area contributed by atoms with Crippen molar-refractivity contribution in [3.05, 3.63) is 92.1 Å². The lowest BCUT2D eigenvalue weighted by Crippen LogP contribution is -2.53. The van der Waals surface area contributed by atoms with Gasteiger partial charge >= 0.3 is 6.18 Å². The van der Waals surface area contributed by atoms with Crippen LogP contribution in [0.15, 0.2) is 60.3 Å². The fourth-order valence-corrected chi connectivity index (χ4v) is 10.4. The first-order chi connectivity index (χ1) is 26.2. The van der Waals surface area contributed by atoms with Crippen molar-refractivity contribution in [1.82, 2.24) is 14.9 Å². The Hall–Kier alpha value is -4.33. The molecule has 3 heterocycles. The Morgan fingerprint density at radius 1 is 0.927 bits per heavy atom. The third kappa shape index (κ3) is 5.79. The normalized spacial score (nSPS) is 28.2. The molecule has 0 bridgehead atoms. The Labute approximate surface area is 328 Å². The van der Waals surface area contributed by atoms with Crippen molar-refractivity contribution < 1.29 is 42.2 Å². The van der Waals surface area contributed by atoms with E-state index in [4.69, 9.17) is 39.5 Å². The predicted molar refractivity (Wildman–Crippen MR) is 195 cm³/mol. The molecule has 16 heteroatoms. The van der Waals surface area contributed by atoms with Crippen LogP contribution >= 0.6 is 34.8 Å². The maximum Gasteiger partial charge on any atom is 0.417 e. The average molecular weight is 818 g/mol. The maximum atomic E-state index is 15.4. The van der Waals surface area contributed by atoms with Crippen LogP contribution in [0.3, 0.4) is 0 Å². The van der Waals surface area contributed by atoms with Crippen LogP contribution in [0.2, 0.25) is 15.1 Å². The number of allylic oxidation sites excluding steroid dienone is 2. The molecule has 4 fully saturated rings. The summed E-state index contributed by atoms with van der Waals surface area (Å²) in [5, 5.41) is 11.3. The lowest BCUT2D eigenvalue weighted by Gasteiger charge is -2.50. The fraction of sp³-hybridized carbons (Fsp3) is 0.410. The second-order valence-electron chi connectivity index (χ2n) is 14.8. The van der Waals surface area contributed by atoms with E-state index in [0.29, 0.717) is 46.8 Å². The number of halogens is 6. The molecule has 8 rings (SSSR count). The summed E-state index contributed by atoms with van der Waals surface area (Å²) >= 11 is 19.2. The quantitative estimate of drug-likeness (QED) is 0.189. The van der Waals surface area contributed by atoms with Crippen molar-refractivity contribution >= 4 is 64.2 Å². The number of carbonyl (C=O) groups is 4. The number of phenolic OH excluding ortho intramolecular Hbond substituents is 1. The number of alkyl halides is 3. The zero-order valence-corrected chi connectivity index (χ0v) is 31.5. The molecule has 0 radical (unpaired) electrons. The Kier molecular flexibility index (Phi) is 9.36. The van der Waals surface area contributed by atoms with Gasteiger partial charge in [-0.05, 0) is 73.1 Å². The first kappa shape index (κ1) is 37.6. The van der Waals surface area contributed by atoms with E-state index in [9.17, 15) is 32.7 Å². The highest BCUT2D eigenvalue weighted by atomic mass is 35.5. The van der Waals surface area contributed by atoms with Crippen molar-refractivity contribution in [3.8, 4) is 11.5 Å². The zero-order valence-electron chi connectivity index (χ0n) is 29.2. The Bertz CT molecular complexity index is 2160. The Morgan fingerprint density at radius 2 is 1.64 bits per heavy atom. The average Bonchev–Trinajstić information content (AvgIpc) is 3.54. The van der Waals surface area contributed by atoms with E-state index in [1.165, 1.54) is 24.1 Å². The molecule has 2 aliphatic heterocycles. The van der Waals surface area contributed by atoms with Crippen LogP contribution in [0.1, 0.15) is 67.6 Å². The summed E-state index contributed by atoms with van der Waals surface area (Å²) < 4.78 is 46.0. The van der Waals surface area contributed by atoms with Crippen LogP contribution in [0, 0.1) is 23.7 Å². The number of hydrogen-bond acceptors (Lipinski definition) is 8. The van der Waals surface area contributed by atoms with E-state index in [0.717, 1.165) is 24.3 Å². The largest absolute Gasteiger partial charge is 0.503 e. The summed E-state index contributed by atoms with van der Waals surface area (Å²) in [6.07, 6.45) is 2.11. The summed E-state index contributed by atoms with van der Waals surface area (Å²) in [7, 11) is 1.33. The van der Waals surface area contributed by atoms with Crippen LogP contribution in [0.5, 0.6) is 11.5 Å². The molecule has 288 valence electrons. The van der Waals surface area contributed by atoms with Gasteiger partial charge in [-0.15, -0.1) is 0 Å². The minimum absolute atomic E-state index is 0.00944. The van der Waals surface area contributed by atoms with Gasteiger partial charge in [-0.2, -0.15) is 18.2 Å². The molecular formula is C39H34Cl3F3N4O6. The summed E-state index contributed by atoms with van der Waals surface area (Å²) in [6, 6.07) is 9.82. The first-order valence-corrected chi connectivity index (χ1v) is 19.1. The highest BCUT2D eigenvalue weighted by molar-refractivity contribution is 6.33. The number of ether oxygens (including phenoxy) is 1. The number of hydrogen-bond donors (Lipinski definition) is 2. The maximum absolute atomic E-state index is 15.4. The Balaban J connectivity index is 1.32. The Morgan fingerprint density at radius 3 is 2.29 bits per heavy atom. The number of aromatic nitrogens is 1. The summed E-state index contributed by atoms with van der Waals surface area (Å²) in [5.41, 5.74) is 1.10. The minimum Gasteiger partial charge on any atom is -0.503 e. The number of benzene rings is 2. The molecular weight excluding hydrogens is 784 g/mol. The topological polar surface area (TPSA) is 129 Å². The second kappa shape index (κ2) is 13.7. The fourth-order valence-electron chi connectivity index (χ4n) is 9.80. The molecule has 3 aliphatic carbocycles. The molecule has 2 aromatic carbocycles. The molecule has 0 spiro atoms. The van der Waals surface area contributed by atoms with E-state index in [1.54, 1.807) is 24.3 Å². The second-order valence-corrected chi connectivity index (χ2v) is 16.1. The molecule has 3 aromatic rings. The van der Waals surface area contributed by atoms with Gasteiger partial charge in [0.2, 0.25) is 11.8 Å². The number of hydrazine groups is 1. The van der Waals surface area contributed by atoms with E-state index in [-0.39, 0.29) is 53.0 Å². The first-order valence-electron chi connectivity index (χ1n) is 18.0. The number of aromatic hydroxyl groups is 1. The monoisotopic (exact) mass is 816 g/mol. The molecule has 6 atom stereocenters. The van der Waals surface area contributed by atoms with Gasteiger partial charge in [-0.25, -0.2) is 4.98 Å². The van der Waals surface area contributed by atoms with Crippen LogP contribution < -0.4 is 10.2 Å². The number of amides is 4. The van der Waals surface area contributed by atoms with Gasteiger partial charge in [0.05, 0.1) is 45.9 Å². The predicted octanol–water partition coefficient (Wildman–Crippen LogP) is 8.09. The van der Waals surface area contributed by atoms with Crippen molar-refractivity contribution in [1.29, 1.82) is 0 Å². The van der Waals surface area contributed by atoms with Crippen molar-refractivity contribution in [3.63, 3.8) is 0 Å². The molecule has 5 aliphatic rings. The van der Waals surface area contributed by atoms with Gasteiger partial charge in [-0.3, -0.25) is 29.5 Å². The van der Waals surface area contributed by atoms with E-state index < -0.39 is 63.6 Å². The standard InChI is InChI=1S/C39H34Cl3F3N4O6/c1-55-29-14-18(13-27(41)32(29)50)31-23-11-12-24-30(36(53)48(34(24)51)22-5-3-2-4-6-22)25(23)16-26-35(52)49(37(54)38(26,31)19-7-9-21(40)10-8-19)47-33-28(42)15-20(17-46-33)39(43,44)45/h7-11,13-15,17,22,24-26,30-31,50H,2-6,12,16H2,1H3,(H,46,47). The van der Waals surface area contributed by atoms with E-state index in [1.807, 2.05) is 6.08 Å². The van der Waals surface area contributed by atoms with Gasteiger partial charge in [0.25, 0.3) is 11.8 Å².